The molecule has 0 aromatic heterocycles. The zero-order valence-corrected chi connectivity index (χ0v) is 11.4. The van der Waals surface area contributed by atoms with E-state index in [0.29, 0.717) is 13.0 Å². The molecular formula is C14H21N3O2. The average Bonchev–Trinajstić information content (AvgIpc) is 2.39. The van der Waals surface area contributed by atoms with Gasteiger partial charge in [-0.05, 0) is 18.9 Å². The first-order chi connectivity index (χ1) is 9.04. The molecule has 5 nitrogen and oxygen atoms in total. The quantitative estimate of drug-likeness (QED) is 0.767. The van der Waals surface area contributed by atoms with Gasteiger partial charge >= 0.3 is 0 Å². The third-order valence-corrected chi connectivity index (χ3v) is 2.75. The van der Waals surface area contributed by atoms with Crippen molar-refractivity contribution in [1.29, 1.82) is 0 Å². The number of nitrogens with zero attached hydrogens (tertiary/aromatic N) is 1. The summed E-state index contributed by atoms with van der Waals surface area (Å²) in [6.45, 7) is 2.42. The number of carbonyl (C=O) groups excluding carboxylic acids is 2. The largest absolute Gasteiger partial charge is 0.355 e. The summed E-state index contributed by atoms with van der Waals surface area (Å²) >= 11 is 0. The number of amides is 2. The Morgan fingerprint density at radius 1 is 1.32 bits per heavy atom. The zero-order valence-electron chi connectivity index (χ0n) is 11.4. The molecule has 3 N–H and O–H groups in total. The molecule has 0 aliphatic heterocycles. The van der Waals surface area contributed by atoms with Gasteiger partial charge in [0.15, 0.2) is 0 Å². The van der Waals surface area contributed by atoms with Crippen LogP contribution < -0.4 is 11.1 Å². The van der Waals surface area contributed by atoms with Crippen LogP contribution in [-0.4, -0.2) is 42.9 Å². The molecule has 5 heteroatoms. The third-order valence-electron chi connectivity index (χ3n) is 2.75. The maximum Gasteiger partial charge on any atom is 0.240 e. The molecule has 19 heavy (non-hydrogen) atoms. The molecule has 0 bridgehead atoms. The van der Waals surface area contributed by atoms with Gasteiger partial charge in [-0.25, -0.2) is 0 Å². The van der Waals surface area contributed by atoms with E-state index in [1.807, 2.05) is 37.3 Å². The van der Waals surface area contributed by atoms with Gasteiger partial charge in [0.1, 0.15) is 0 Å². The van der Waals surface area contributed by atoms with E-state index in [1.165, 1.54) is 4.90 Å². The maximum atomic E-state index is 12.0. The van der Waals surface area contributed by atoms with Crippen molar-refractivity contribution in [1.82, 2.24) is 10.2 Å². The van der Waals surface area contributed by atoms with Crippen molar-refractivity contribution < 1.29 is 9.59 Å². The Morgan fingerprint density at radius 2 is 1.95 bits per heavy atom. The standard InChI is InChI=1S/C14H21N3O2/c1-3-16-13(18)10-17(2)14(19)12(15)9-11-7-5-4-6-8-11/h4-8,12H,3,9-10,15H2,1-2H3,(H,16,18)/t12-/m1/s1. The molecule has 2 amide bonds. The molecule has 0 saturated heterocycles. The monoisotopic (exact) mass is 263 g/mol. The van der Waals surface area contributed by atoms with E-state index >= 15 is 0 Å². The Bertz CT molecular complexity index is 420. The number of benzene rings is 1. The molecule has 0 aliphatic carbocycles. The number of nitrogens with one attached hydrogen (secondary N) is 1. The van der Waals surface area contributed by atoms with Crippen LogP contribution in [0.2, 0.25) is 0 Å². The van der Waals surface area contributed by atoms with Crippen LogP contribution in [0.3, 0.4) is 0 Å². The fraction of sp³-hybridized carbons (Fsp3) is 0.429. The van der Waals surface area contributed by atoms with Crippen LogP contribution in [-0.2, 0) is 16.0 Å². The lowest BCUT2D eigenvalue weighted by atomic mass is 10.1. The SMILES string of the molecule is CCNC(=O)CN(C)C(=O)[C@H](N)Cc1ccccc1. The Morgan fingerprint density at radius 3 is 2.53 bits per heavy atom. The van der Waals surface area contributed by atoms with Crippen LogP contribution in [0.5, 0.6) is 0 Å². The van der Waals surface area contributed by atoms with Crippen LogP contribution in [0.1, 0.15) is 12.5 Å². The highest BCUT2D eigenvalue weighted by atomic mass is 16.2. The van der Waals surface area contributed by atoms with Crippen molar-refractivity contribution in [3.63, 3.8) is 0 Å². The molecule has 1 aromatic carbocycles. The van der Waals surface area contributed by atoms with Gasteiger partial charge in [-0.3, -0.25) is 9.59 Å². The molecule has 1 aromatic rings. The minimum atomic E-state index is -0.623. The molecular weight excluding hydrogens is 242 g/mol. The van der Waals surface area contributed by atoms with Gasteiger partial charge in [0, 0.05) is 13.6 Å². The topological polar surface area (TPSA) is 75.4 Å². The number of carbonyl (C=O) groups is 2. The molecule has 1 atom stereocenters. The molecule has 0 spiro atoms. The van der Waals surface area contributed by atoms with Gasteiger partial charge in [-0.15, -0.1) is 0 Å². The Kier molecular flexibility index (Phi) is 6.02. The predicted octanol–water partition coefficient (Wildman–Crippen LogP) is 0.151. The lowest BCUT2D eigenvalue weighted by molar-refractivity contribution is -0.135. The lowest BCUT2D eigenvalue weighted by Gasteiger charge is -2.20. The first kappa shape index (κ1) is 15.2. The molecule has 1 rings (SSSR count). The Labute approximate surface area is 113 Å². The molecule has 0 aliphatic rings. The Balaban J connectivity index is 2.50. The van der Waals surface area contributed by atoms with E-state index < -0.39 is 6.04 Å². The van der Waals surface area contributed by atoms with Crippen LogP contribution in [0.4, 0.5) is 0 Å². The van der Waals surface area contributed by atoms with Crippen molar-refractivity contribution in [3.8, 4) is 0 Å². The zero-order chi connectivity index (χ0) is 14.3. The molecule has 104 valence electrons. The summed E-state index contributed by atoms with van der Waals surface area (Å²) in [6, 6.07) is 8.96. The summed E-state index contributed by atoms with van der Waals surface area (Å²) in [5.41, 5.74) is 6.89. The fourth-order valence-corrected chi connectivity index (χ4v) is 1.78. The van der Waals surface area contributed by atoms with Crippen molar-refractivity contribution in [2.45, 2.75) is 19.4 Å². The summed E-state index contributed by atoms with van der Waals surface area (Å²) in [6.07, 6.45) is 0.472. The Hall–Kier alpha value is -1.88. The average molecular weight is 263 g/mol. The summed E-state index contributed by atoms with van der Waals surface area (Å²) in [5.74, 6) is -0.402. The number of likely N-dealkylation sites (N-methyl/N-ethyl adjacent to an activating group) is 2. The van der Waals surface area contributed by atoms with E-state index in [9.17, 15) is 9.59 Å². The van der Waals surface area contributed by atoms with Gasteiger partial charge in [0.25, 0.3) is 0 Å². The van der Waals surface area contributed by atoms with Crippen molar-refractivity contribution >= 4 is 11.8 Å². The highest BCUT2D eigenvalue weighted by molar-refractivity contribution is 5.87. The molecule has 0 saturated carbocycles. The summed E-state index contributed by atoms with van der Waals surface area (Å²) in [4.78, 5) is 24.8. The van der Waals surface area contributed by atoms with Crippen LogP contribution in [0.15, 0.2) is 30.3 Å². The lowest BCUT2D eigenvalue weighted by Crippen LogP contribution is -2.46. The smallest absolute Gasteiger partial charge is 0.240 e. The normalized spacial score (nSPS) is 11.7. The second kappa shape index (κ2) is 7.53. The van der Waals surface area contributed by atoms with E-state index in [0.717, 1.165) is 5.56 Å². The highest BCUT2D eigenvalue weighted by Crippen LogP contribution is 2.03. The first-order valence-corrected chi connectivity index (χ1v) is 6.35. The van der Waals surface area contributed by atoms with Crippen LogP contribution in [0.25, 0.3) is 0 Å². The minimum absolute atomic E-state index is 0.0369. The van der Waals surface area contributed by atoms with Crippen LogP contribution in [0, 0.1) is 0 Å². The summed E-state index contributed by atoms with van der Waals surface area (Å²) < 4.78 is 0. The highest BCUT2D eigenvalue weighted by Gasteiger charge is 2.19. The van der Waals surface area contributed by atoms with E-state index in [2.05, 4.69) is 5.32 Å². The van der Waals surface area contributed by atoms with Crippen LogP contribution >= 0.6 is 0 Å². The first-order valence-electron chi connectivity index (χ1n) is 6.35. The number of hydrogen-bond acceptors (Lipinski definition) is 3. The fourth-order valence-electron chi connectivity index (χ4n) is 1.78. The third kappa shape index (κ3) is 5.09. The molecule has 0 fully saturated rings. The number of rotatable bonds is 6. The predicted molar refractivity (Wildman–Crippen MR) is 74.4 cm³/mol. The number of hydrogen-bond donors (Lipinski definition) is 2. The van der Waals surface area contributed by atoms with E-state index in [-0.39, 0.29) is 18.4 Å². The van der Waals surface area contributed by atoms with Gasteiger partial charge in [-0.1, -0.05) is 30.3 Å². The maximum absolute atomic E-state index is 12.0. The van der Waals surface area contributed by atoms with Gasteiger partial charge in [-0.2, -0.15) is 0 Å². The van der Waals surface area contributed by atoms with Gasteiger partial charge in [0.05, 0.1) is 12.6 Å². The number of nitrogens with two attached hydrogens (primary N) is 1. The minimum Gasteiger partial charge on any atom is -0.355 e. The van der Waals surface area contributed by atoms with Gasteiger partial charge in [0.2, 0.25) is 11.8 Å². The van der Waals surface area contributed by atoms with Crippen molar-refractivity contribution in [2.75, 3.05) is 20.1 Å². The summed E-state index contributed by atoms with van der Waals surface area (Å²) in [7, 11) is 1.59. The summed E-state index contributed by atoms with van der Waals surface area (Å²) in [5, 5.41) is 2.65. The van der Waals surface area contributed by atoms with Crippen molar-refractivity contribution in [3.05, 3.63) is 35.9 Å². The van der Waals surface area contributed by atoms with Gasteiger partial charge < -0.3 is 16.0 Å². The van der Waals surface area contributed by atoms with E-state index in [1.54, 1.807) is 7.05 Å². The second-order valence-electron chi connectivity index (χ2n) is 4.44. The van der Waals surface area contributed by atoms with E-state index in [4.69, 9.17) is 5.73 Å². The molecule has 0 heterocycles. The second-order valence-corrected chi connectivity index (χ2v) is 4.44. The van der Waals surface area contributed by atoms with Crippen molar-refractivity contribution in [2.24, 2.45) is 5.73 Å². The molecule has 0 radical (unpaired) electrons. The molecule has 0 unspecified atom stereocenters.